The molecule has 1 fully saturated rings. The van der Waals surface area contributed by atoms with E-state index in [0.29, 0.717) is 18.2 Å². The lowest BCUT2D eigenvalue weighted by atomic mass is 10.2. The van der Waals surface area contributed by atoms with Gasteiger partial charge in [-0.05, 0) is 25.0 Å². The Bertz CT molecular complexity index is 443. The van der Waals surface area contributed by atoms with Crippen LogP contribution in [-0.4, -0.2) is 47.6 Å². The van der Waals surface area contributed by atoms with Crippen LogP contribution in [0.3, 0.4) is 0 Å². The highest BCUT2D eigenvalue weighted by Crippen LogP contribution is 2.25. The van der Waals surface area contributed by atoms with E-state index in [1.54, 1.807) is 24.3 Å². The van der Waals surface area contributed by atoms with Crippen molar-refractivity contribution in [3.63, 3.8) is 0 Å². The Kier molecular flexibility index (Phi) is 4.65. The quantitative estimate of drug-likeness (QED) is 0.778. The maximum Gasteiger partial charge on any atom is 0.257 e. The molecule has 2 amide bonds. The van der Waals surface area contributed by atoms with Gasteiger partial charge in [0.25, 0.3) is 5.91 Å². The number of hydrogen-bond acceptors (Lipinski definition) is 4. The van der Waals surface area contributed by atoms with Crippen LogP contribution in [-0.2, 0) is 4.79 Å². The van der Waals surface area contributed by atoms with Crippen LogP contribution in [0.25, 0.3) is 0 Å². The molecule has 1 aromatic rings. The van der Waals surface area contributed by atoms with E-state index in [9.17, 15) is 9.59 Å². The summed E-state index contributed by atoms with van der Waals surface area (Å²) >= 11 is 0. The molecule has 0 aromatic heterocycles. The van der Waals surface area contributed by atoms with Gasteiger partial charge in [0.15, 0.2) is 0 Å². The van der Waals surface area contributed by atoms with Gasteiger partial charge in [0.2, 0.25) is 5.91 Å². The number of carbonyl (C=O) groups is 2. The third kappa shape index (κ3) is 4.15. The predicted octanol–water partition coefficient (Wildman–Crippen LogP) is 0.400. The summed E-state index contributed by atoms with van der Waals surface area (Å²) in [5, 5.41) is 11.3. The van der Waals surface area contributed by atoms with E-state index in [1.165, 1.54) is 0 Å². The van der Waals surface area contributed by atoms with Gasteiger partial charge in [-0.1, -0.05) is 18.2 Å². The Balaban J connectivity index is 1.85. The zero-order valence-corrected chi connectivity index (χ0v) is 10.7. The SMILES string of the molecule is O=C(CN(CCO)C1CC1)NC(=O)c1ccccc1. The lowest BCUT2D eigenvalue weighted by Gasteiger charge is -2.19. The summed E-state index contributed by atoms with van der Waals surface area (Å²) < 4.78 is 0. The van der Waals surface area contributed by atoms with Gasteiger partial charge in [-0.15, -0.1) is 0 Å². The average Bonchev–Trinajstić information content (AvgIpc) is 3.23. The number of amides is 2. The van der Waals surface area contributed by atoms with E-state index >= 15 is 0 Å². The van der Waals surface area contributed by atoms with E-state index in [-0.39, 0.29) is 25.0 Å². The second kappa shape index (κ2) is 6.45. The Morgan fingerprint density at radius 1 is 1.26 bits per heavy atom. The van der Waals surface area contributed by atoms with E-state index in [2.05, 4.69) is 5.32 Å². The van der Waals surface area contributed by atoms with E-state index in [1.807, 2.05) is 11.0 Å². The Morgan fingerprint density at radius 3 is 2.53 bits per heavy atom. The highest BCUT2D eigenvalue weighted by atomic mass is 16.3. The molecule has 1 aliphatic rings. The van der Waals surface area contributed by atoms with E-state index < -0.39 is 0 Å². The molecular weight excluding hydrogens is 244 g/mol. The number of benzene rings is 1. The van der Waals surface area contributed by atoms with Gasteiger partial charge < -0.3 is 5.11 Å². The lowest BCUT2D eigenvalue weighted by molar-refractivity contribution is -0.121. The van der Waals surface area contributed by atoms with Gasteiger partial charge in [-0.3, -0.25) is 19.8 Å². The summed E-state index contributed by atoms with van der Waals surface area (Å²) in [5.41, 5.74) is 0.469. The number of rotatable bonds is 6. The first-order chi connectivity index (χ1) is 9.20. The first-order valence-electron chi connectivity index (χ1n) is 6.45. The van der Waals surface area contributed by atoms with Crippen LogP contribution in [0.5, 0.6) is 0 Å². The van der Waals surface area contributed by atoms with Crippen molar-refractivity contribution < 1.29 is 14.7 Å². The van der Waals surface area contributed by atoms with Crippen molar-refractivity contribution in [2.45, 2.75) is 18.9 Å². The number of imide groups is 1. The van der Waals surface area contributed by atoms with Crippen LogP contribution < -0.4 is 5.32 Å². The van der Waals surface area contributed by atoms with Crippen molar-refractivity contribution in [1.82, 2.24) is 10.2 Å². The molecule has 1 aromatic carbocycles. The molecule has 2 rings (SSSR count). The van der Waals surface area contributed by atoms with Crippen molar-refractivity contribution in [2.75, 3.05) is 19.7 Å². The van der Waals surface area contributed by atoms with Crippen LogP contribution in [0.4, 0.5) is 0 Å². The molecule has 2 N–H and O–H groups in total. The van der Waals surface area contributed by atoms with E-state index in [0.717, 1.165) is 12.8 Å². The predicted molar refractivity (Wildman–Crippen MR) is 70.6 cm³/mol. The summed E-state index contributed by atoms with van der Waals surface area (Å²) in [4.78, 5) is 25.5. The first kappa shape index (κ1) is 13.7. The molecule has 0 atom stereocenters. The molecule has 5 nitrogen and oxygen atoms in total. The standard InChI is InChI=1S/C14H18N2O3/c17-9-8-16(12-6-7-12)10-13(18)15-14(19)11-4-2-1-3-5-11/h1-5,12,17H,6-10H2,(H,15,18,19). The van der Waals surface area contributed by atoms with Gasteiger partial charge in [0.1, 0.15) is 0 Å². The molecule has 0 unspecified atom stereocenters. The summed E-state index contributed by atoms with van der Waals surface area (Å²) in [6, 6.07) is 9.02. The molecule has 0 radical (unpaired) electrons. The van der Waals surface area contributed by atoms with Crippen molar-refractivity contribution in [1.29, 1.82) is 0 Å². The Labute approximate surface area is 112 Å². The minimum Gasteiger partial charge on any atom is -0.395 e. The fourth-order valence-electron chi connectivity index (χ4n) is 1.97. The molecule has 1 aliphatic carbocycles. The summed E-state index contributed by atoms with van der Waals surface area (Å²) in [5.74, 6) is -0.709. The Morgan fingerprint density at radius 2 is 1.95 bits per heavy atom. The van der Waals surface area contributed by atoms with Crippen molar-refractivity contribution in [3.05, 3.63) is 35.9 Å². The zero-order chi connectivity index (χ0) is 13.7. The number of carbonyl (C=O) groups excluding carboxylic acids is 2. The van der Waals surface area contributed by atoms with Crippen LogP contribution in [0.1, 0.15) is 23.2 Å². The van der Waals surface area contributed by atoms with Crippen LogP contribution in [0.2, 0.25) is 0 Å². The minimum absolute atomic E-state index is 0.0242. The van der Waals surface area contributed by atoms with Crippen LogP contribution >= 0.6 is 0 Å². The first-order valence-corrected chi connectivity index (χ1v) is 6.45. The van der Waals surface area contributed by atoms with Gasteiger partial charge in [0.05, 0.1) is 13.2 Å². The molecule has 5 heteroatoms. The molecule has 0 spiro atoms. The topological polar surface area (TPSA) is 69.6 Å². The maximum absolute atomic E-state index is 11.8. The maximum atomic E-state index is 11.8. The third-order valence-corrected chi connectivity index (χ3v) is 3.09. The monoisotopic (exact) mass is 262 g/mol. The fraction of sp³-hybridized carbons (Fsp3) is 0.429. The second-order valence-corrected chi connectivity index (χ2v) is 4.67. The molecule has 102 valence electrons. The summed E-state index contributed by atoms with van der Waals surface area (Å²) in [6.07, 6.45) is 2.11. The smallest absolute Gasteiger partial charge is 0.257 e. The van der Waals surface area contributed by atoms with Crippen LogP contribution in [0.15, 0.2) is 30.3 Å². The van der Waals surface area contributed by atoms with Gasteiger partial charge >= 0.3 is 0 Å². The van der Waals surface area contributed by atoms with Gasteiger partial charge in [-0.25, -0.2) is 0 Å². The molecule has 0 saturated heterocycles. The summed E-state index contributed by atoms with van der Waals surface area (Å²) in [7, 11) is 0. The normalized spacial score (nSPS) is 14.4. The average molecular weight is 262 g/mol. The van der Waals surface area contributed by atoms with Crippen LogP contribution in [0, 0.1) is 0 Å². The van der Waals surface area contributed by atoms with Crippen molar-refractivity contribution in [3.8, 4) is 0 Å². The number of aliphatic hydroxyl groups is 1. The number of nitrogens with zero attached hydrogens (tertiary/aromatic N) is 1. The molecule has 0 heterocycles. The second-order valence-electron chi connectivity index (χ2n) is 4.67. The zero-order valence-electron chi connectivity index (χ0n) is 10.7. The van der Waals surface area contributed by atoms with Gasteiger partial charge in [-0.2, -0.15) is 0 Å². The number of nitrogens with one attached hydrogen (secondary N) is 1. The number of hydrogen-bond donors (Lipinski definition) is 2. The van der Waals surface area contributed by atoms with E-state index in [4.69, 9.17) is 5.11 Å². The Hall–Kier alpha value is -1.72. The minimum atomic E-state index is -0.384. The molecule has 0 aliphatic heterocycles. The molecule has 1 saturated carbocycles. The molecule has 19 heavy (non-hydrogen) atoms. The molecule has 0 bridgehead atoms. The highest BCUT2D eigenvalue weighted by molar-refractivity contribution is 6.05. The fourth-order valence-corrected chi connectivity index (χ4v) is 1.97. The molecular formula is C14H18N2O3. The summed E-state index contributed by atoms with van der Waals surface area (Å²) in [6.45, 7) is 0.651. The largest absolute Gasteiger partial charge is 0.395 e. The third-order valence-electron chi connectivity index (χ3n) is 3.09. The highest BCUT2D eigenvalue weighted by Gasteiger charge is 2.30. The van der Waals surface area contributed by atoms with Gasteiger partial charge in [0, 0.05) is 18.2 Å². The lowest BCUT2D eigenvalue weighted by Crippen LogP contribution is -2.42. The number of aliphatic hydroxyl groups excluding tert-OH is 1. The van der Waals surface area contributed by atoms with Crippen molar-refractivity contribution in [2.24, 2.45) is 0 Å². The van der Waals surface area contributed by atoms with Crippen molar-refractivity contribution >= 4 is 11.8 Å².